The highest BCUT2D eigenvalue weighted by Crippen LogP contribution is 2.22. The Bertz CT molecular complexity index is 1010. The van der Waals surface area contributed by atoms with Gasteiger partial charge in [-0.05, 0) is 51.2 Å². The predicted octanol–water partition coefficient (Wildman–Crippen LogP) is 3.25. The number of rotatable bonds is 3. The number of piperazine rings is 1. The summed E-state index contributed by atoms with van der Waals surface area (Å²) in [4.78, 5) is 26.5. The van der Waals surface area contributed by atoms with Crippen molar-refractivity contribution in [1.29, 1.82) is 0 Å². The standard InChI is InChI=1S/C22H25N5O/c1-15-4-6-20-18(12-15)19(13-16(2)24-20)22(28)25-21-7-5-17(14-23-21)27-10-8-26(3)9-11-27/h4-7,12-14H,8-11H2,1-3H3,(H,23,25,28). The van der Waals surface area contributed by atoms with Crippen molar-refractivity contribution in [2.24, 2.45) is 0 Å². The summed E-state index contributed by atoms with van der Waals surface area (Å²) in [5, 5.41) is 3.79. The van der Waals surface area contributed by atoms with Crippen LogP contribution in [0.5, 0.6) is 0 Å². The van der Waals surface area contributed by atoms with Crippen LogP contribution in [0.25, 0.3) is 10.9 Å². The summed E-state index contributed by atoms with van der Waals surface area (Å²) in [6.45, 7) is 7.99. The molecule has 2 aromatic heterocycles. The number of hydrogen-bond donors (Lipinski definition) is 1. The summed E-state index contributed by atoms with van der Waals surface area (Å²) in [7, 11) is 2.14. The molecule has 0 radical (unpaired) electrons. The molecule has 3 heterocycles. The van der Waals surface area contributed by atoms with Crippen molar-refractivity contribution in [2.75, 3.05) is 43.4 Å². The largest absolute Gasteiger partial charge is 0.368 e. The molecule has 0 aliphatic carbocycles. The first-order valence-corrected chi connectivity index (χ1v) is 9.58. The van der Waals surface area contributed by atoms with Crippen molar-refractivity contribution >= 4 is 28.3 Å². The zero-order valence-corrected chi connectivity index (χ0v) is 16.6. The number of benzene rings is 1. The quantitative estimate of drug-likeness (QED) is 0.761. The lowest BCUT2D eigenvalue weighted by Crippen LogP contribution is -2.44. The maximum Gasteiger partial charge on any atom is 0.257 e. The molecule has 3 aromatic rings. The lowest BCUT2D eigenvalue weighted by atomic mass is 10.0. The van der Waals surface area contributed by atoms with Crippen molar-refractivity contribution in [3.63, 3.8) is 0 Å². The fraction of sp³-hybridized carbons (Fsp3) is 0.318. The molecule has 0 unspecified atom stereocenters. The molecular formula is C22H25N5O. The molecule has 6 nitrogen and oxygen atoms in total. The van der Waals surface area contributed by atoms with Crippen LogP contribution < -0.4 is 10.2 Å². The number of anilines is 2. The van der Waals surface area contributed by atoms with E-state index in [9.17, 15) is 4.79 Å². The Morgan fingerprint density at radius 2 is 1.82 bits per heavy atom. The lowest BCUT2D eigenvalue weighted by Gasteiger charge is -2.33. The fourth-order valence-electron chi connectivity index (χ4n) is 3.56. The molecule has 1 aliphatic heterocycles. The smallest absolute Gasteiger partial charge is 0.257 e. The van der Waals surface area contributed by atoms with Crippen LogP contribution in [0.2, 0.25) is 0 Å². The minimum absolute atomic E-state index is 0.166. The molecule has 1 aliphatic rings. The highest BCUT2D eigenvalue weighted by Gasteiger charge is 2.16. The summed E-state index contributed by atoms with van der Waals surface area (Å²) in [6.07, 6.45) is 1.83. The number of aromatic nitrogens is 2. The van der Waals surface area contributed by atoms with E-state index in [1.807, 2.05) is 56.4 Å². The van der Waals surface area contributed by atoms with Gasteiger partial charge in [-0.3, -0.25) is 9.78 Å². The zero-order chi connectivity index (χ0) is 19.7. The Kier molecular flexibility index (Phi) is 4.96. The van der Waals surface area contributed by atoms with E-state index in [4.69, 9.17) is 0 Å². The van der Waals surface area contributed by atoms with Gasteiger partial charge in [-0.25, -0.2) is 4.98 Å². The Balaban J connectivity index is 1.54. The highest BCUT2D eigenvalue weighted by molar-refractivity contribution is 6.12. The number of fused-ring (bicyclic) bond motifs is 1. The van der Waals surface area contributed by atoms with Crippen LogP contribution in [0.1, 0.15) is 21.6 Å². The maximum atomic E-state index is 12.9. The highest BCUT2D eigenvalue weighted by atomic mass is 16.1. The van der Waals surface area contributed by atoms with Gasteiger partial charge in [-0.2, -0.15) is 0 Å². The van der Waals surface area contributed by atoms with E-state index in [0.29, 0.717) is 11.4 Å². The van der Waals surface area contributed by atoms with E-state index in [-0.39, 0.29) is 5.91 Å². The molecular weight excluding hydrogens is 350 g/mol. The fourth-order valence-corrected chi connectivity index (χ4v) is 3.56. The molecule has 144 valence electrons. The molecule has 0 saturated carbocycles. The van der Waals surface area contributed by atoms with Gasteiger partial charge in [-0.1, -0.05) is 11.6 Å². The van der Waals surface area contributed by atoms with Gasteiger partial charge >= 0.3 is 0 Å². The van der Waals surface area contributed by atoms with Crippen LogP contribution in [-0.2, 0) is 0 Å². The summed E-state index contributed by atoms with van der Waals surface area (Å²) in [5.41, 5.74) is 4.46. The van der Waals surface area contributed by atoms with Crippen molar-refractivity contribution in [1.82, 2.24) is 14.9 Å². The first-order valence-electron chi connectivity index (χ1n) is 9.58. The molecule has 0 atom stereocenters. The van der Waals surface area contributed by atoms with Gasteiger partial charge in [0.05, 0.1) is 23.0 Å². The molecule has 1 saturated heterocycles. The minimum atomic E-state index is -0.166. The van der Waals surface area contributed by atoms with Gasteiger partial charge in [-0.15, -0.1) is 0 Å². The second kappa shape index (κ2) is 7.56. The van der Waals surface area contributed by atoms with E-state index in [0.717, 1.165) is 54.0 Å². The number of carbonyl (C=O) groups excluding carboxylic acids is 1. The van der Waals surface area contributed by atoms with E-state index in [1.54, 1.807) is 0 Å². The van der Waals surface area contributed by atoms with E-state index in [2.05, 4.69) is 32.1 Å². The number of aryl methyl sites for hydroxylation is 2. The Morgan fingerprint density at radius 3 is 2.54 bits per heavy atom. The lowest BCUT2D eigenvalue weighted by molar-refractivity contribution is 0.102. The second-order valence-electron chi connectivity index (χ2n) is 7.48. The number of hydrogen-bond acceptors (Lipinski definition) is 5. The third-order valence-corrected chi connectivity index (χ3v) is 5.19. The van der Waals surface area contributed by atoms with Gasteiger partial charge < -0.3 is 15.1 Å². The molecule has 0 spiro atoms. The first kappa shape index (κ1) is 18.4. The predicted molar refractivity (Wildman–Crippen MR) is 113 cm³/mol. The molecule has 1 N–H and O–H groups in total. The summed E-state index contributed by atoms with van der Waals surface area (Å²) in [5.74, 6) is 0.388. The number of pyridine rings is 2. The summed E-state index contributed by atoms with van der Waals surface area (Å²) >= 11 is 0. The van der Waals surface area contributed by atoms with Crippen molar-refractivity contribution in [2.45, 2.75) is 13.8 Å². The number of carbonyl (C=O) groups is 1. The van der Waals surface area contributed by atoms with Crippen molar-refractivity contribution in [3.8, 4) is 0 Å². The molecule has 28 heavy (non-hydrogen) atoms. The molecule has 4 rings (SSSR count). The minimum Gasteiger partial charge on any atom is -0.368 e. The van der Waals surface area contributed by atoms with E-state index in [1.165, 1.54) is 0 Å². The first-order chi connectivity index (χ1) is 13.5. The summed E-state index contributed by atoms with van der Waals surface area (Å²) in [6, 6.07) is 11.7. The van der Waals surface area contributed by atoms with Crippen LogP contribution >= 0.6 is 0 Å². The molecule has 1 fully saturated rings. The third-order valence-electron chi connectivity index (χ3n) is 5.19. The van der Waals surface area contributed by atoms with Gasteiger partial charge in [0.15, 0.2) is 0 Å². The van der Waals surface area contributed by atoms with Crippen LogP contribution in [0.4, 0.5) is 11.5 Å². The summed E-state index contributed by atoms with van der Waals surface area (Å²) < 4.78 is 0. The van der Waals surface area contributed by atoms with Crippen LogP contribution in [0.3, 0.4) is 0 Å². The van der Waals surface area contributed by atoms with Gasteiger partial charge in [0.25, 0.3) is 5.91 Å². The van der Waals surface area contributed by atoms with Crippen LogP contribution in [0.15, 0.2) is 42.6 Å². The van der Waals surface area contributed by atoms with Gasteiger partial charge in [0, 0.05) is 37.3 Å². The normalized spacial score (nSPS) is 15.0. The Morgan fingerprint density at radius 1 is 1.04 bits per heavy atom. The topological polar surface area (TPSA) is 61.4 Å². The van der Waals surface area contributed by atoms with Crippen molar-refractivity contribution < 1.29 is 4.79 Å². The Labute approximate surface area is 165 Å². The second-order valence-corrected chi connectivity index (χ2v) is 7.48. The SMILES string of the molecule is Cc1ccc2nc(C)cc(C(=O)Nc3ccc(N4CCN(C)CC4)cn3)c2c1. The third kappa shape index (κ3) is 3.82. The number of likely N-dealkylation sites (N-methyl/N-ethyl adjacent to an activating group) is 1. The van der Waals surface area contributed by atoms with Crippen molar-refractivity contribution in [3.05, 3.63) is 59.4 Å². The van der Waals surface area contributed by atoms with Gasteiger partial charge in [0.2, 0.25) is 0 Å². The average Bonchev–Trinajstić information content (AvgIpc) is 2.69. The molecule has 6 heteroatoms. The van der Waals surface area contributed by atoms with Crippen LogP contribution in [-0.4, -0.2) is 54.0 Å². The van der Waals surface area contributed by atoms with E-state index >= 15 is 0 Å². The molecule has 1 amide bonds. The average molecular weight is 375 g/mol. The zero-order valence-electron chi connectivity index (χ0n) is 16.6. The van der Waals surface area contributed by atoms with E-state index < -0.39 is 0 Å². The molecule has 1 aromatic carbocycles. The monoisotopic (exact) mass is 375 g/mol. The number of nitrogens with one attached hydrogen (secondary N) is 1. The Hall–Kier alpha value is -2.99. The van der Waals surface area contributed by atoms with Crippen LogP contribution in [0, 0.1) is 13.8 Å². The molecule has 0 bridgehead atoms. The van der Waals surface area contributed by atoms with Gasteiger partial charge in [0.1, 0.15) is 5.82 Å². The number of nitrogens with zero attached hydrogens (tertiary/aromatic N) is 4. The number of amides is 1. The maximum absolute atomic E-state index is 12.9.